The van der Waals surface area contributed by atoms with Crippen molar-refractivity contribution in [1.29, 1.82) is 0 Å². The minimum atomic E-state index is -0.587. The molecule has 1 N–H and O–H groups in total. The third kappa shape index (κ3) is 4.25. The van der Waals surface area contributed by atoms with Gasteiger partial charge in [0.25, 0.3) is 5.91 Å². The van der Waals surface area contributed by atoms with Crippen molar-refractivity contribution < 1.29 is 14.3 Å². The number of amides is 2. The van der Waals surface area contributed by atoms with E-state index in [1.165, 1.54) is 0 Å². The number of rotatable bonds is 2. The van der Waals surface area contributed by atoms with Crippen LogP contribution in [-0.2, 0) is 24.8 Å². The van der Waals surface area contributed by atoms with Gasteiger partial charge >= 0.3 is 6.09 Å². The number of aromatic nitrogens is 2. The number of carbonyl (C=O) groups is 2. The number of ether oxygens (including phenoxy) is 1. The molecule has 2 aromatic rings. The molecule has 1 aromatic heterocycles. The van der Waals surface area contributed by atoms with Gasteiger partial charge in [0.05, 0.1) is 22.3 Å². The van der Waals surface area contributed by atoms with Crippen LogP contribution >= 0.6 is 23.2 Å². The van der Waals surface area contributed by atoms with Crippen LogP contribution in [0, 0.1) is 0 Å². The summed E-state index contributed by atoms with van der Waals surface area (Å²) in [4.78, 5) is 26.9. The molecule has 9 heteroatoms. The van der Waals surface area contributed by atoms with Crippen molar-refractivity contribution in [3.05, 3.63) is 45.2 Å². The van der Waals surface area contributed by atoms with Crippen LogP contribution in [-0.4, -0.2) is 38.8 Å². The van der Waals surface area contributed by atoms with Crippen LogP contribution in [0.1, 0.15) is 42.5 Å². The number of benzene rings is 1. The SMILES string of the molecule is Cn1nc(C(=O)Nc2cccc(Cl)c2Cl)c2c1CCN(C(=O)OC(C)(C)C)C2. The van der Waals surface area contributed by atoms with E-state index in [0.717, 1.165) is 5.69 Å². The number of halogens is 2. The number of carbonyl (C=O) groups excluding carboxylic acids is 2. The van der Waals surface area contributed by atoms with Crippen LogP contribution in [0.5, 0.6) is 0 Å². The second-order valence-electron chi connectivity index (χ2n) is 7.60. The molecule has 7 nitrogen and oxygen atoms in total. The molecule has 28 heavy (non-hydrogen) atoms. The molecule has 0 saturated carbocycles. The van der Waals surface area contributed by atoms with Gasteiger partial charge in [0.1, 0.15) is 5.60 Å². The molecule has 0 radical (unpaired) electrons. The van der Waals surface area contributed by atoms with Crippen LogP contribution in [0.15, 0.2) is 18.2 Å². The van der Waals surface area contributed by atoms with Gasteiger partial charge in [-0.1, -0.05) is 29.3 Å². The third-order valence-corrected chi connectivity index (χ3v) is 5.13. The zero-order valence-electron chi connectivity index (χ0n) is 16.2. The zero-order chi connectivity index (χ0) is 20.6. The lowest BCUT2D eigenvalue weighted by molar-refractivity contribution is 0.0222. The van der Waals surface area contributed by atoms with Crippen molar-refractivity contribution in [2.24, 2.45) is 7.05 Å². The summed E-state index contributed by atoms with van der Waals surface area (Å²) in [7, 11) is 1.78. The Morgan fingerprint density at radius 1 is 1.25 bits per heavy atom. The number of nitrogens with one attached hydrogen (secondary N) is 1. The summed E-state index contributed by atoms with van der Waals surface area (Å²) in [5.41, 5.74) is 1.69. The Kier molecular flexibility index (Phi) is 5.59. The summed E-state index contributed by atoms with van der Waals surface area (Å²) in [5, 5.41) is 7.71. The van der Waals surface area contributed by atoms with Gasteiger partial charge in [0.15, 0.2) is 5.69 Å². The Bertz CT molecular complexity index is 934. The fourth-order valence-corrected chi connectivity index (χ4v) is 3.39. The Morgan fingerprint density at radius 2 is 1.96 bits per heavy atom. The molecule has 0 spiro atoms. The maximum absolute atomic E-state index is 12.8. The Labute approximate surface area is 173 Å². The summed E-state index contributed by atoms with van der Waals surface area (Å²) in [6, 6.07) is 5.00. The highest BCUT2D eigenvalue weighted by Crippen LogP contribution is 2.30. The fourth-order valence-electron chi connectivity index (χ4n) is 3.04. The molecule has 1 aromatic carbocycles. The second-order valence-corrected chi connectivity index (χ2v) is 8.39. The normalized spacial score (nSPS) is 13.9. The molecular weight excluding hydrogens is 403 g/mol. The van der Waals surface area contributed by atoms with Crippen molar-refractivity contribution in [3.8, 4) is 0 Å². The summed E-state index contributed by atoms with van der Waals surface area (Å²) < 4.78 is 7.13. The van der Waals surface area contributed by atoms with E-state index in [-0.39, 0.29) is 17.3 Å². The van der Waals surface area contributed by atoms with Crippen LogP contribution in [0.4, 0.5) is 10.5 Å². The Balaban J connectivity index is 1.84. The molecular formula is C19H22Cl2N4O3. The number of anilines is 1. The lowest BCUT2D eigenvalue weighted by Crippen LogP contribution is -2.40. The van der Waals surface area contributed by atoms with Gasteiger partial charge in [-0.05, 0) is 32.9 Å². The monoisotopic (exact) mass is 424 g/mol. The topological polar surface area (TPSA) is 76.5 Å². The van der Waals surface area contributed by atoms with E-state index < -0.39 is 17.6 Å². The van der Waals surface area contributed by atoms with Gasteiger partial charge < -0.3 is 15.0 Å². The average molecular weight is 425 g/mol. The maximum atomic E-state index is 12.8. The average Bonchev–Trinajstić information content (AvgIpc) is 2.94. The molecule has 0 aliphatic carbocycles. The highest BCUT2D eigenvalue weighted by molar-refractivity contribution is 6.44. The molecule has 150 valence electrons. The van der Waals surface area contributed by atoms with Crippen molar-refractivity contribution in [1.82, 2.24) is 14.7 Å². The fraction of sp³-hybridized carbons (Fsp3) is 0.421. The lowest BCUT2D eigenvalue weighted by Gasteiger charge is -2.30. The first-order valence-corrected chi connectivity index (χ1v) is 9.60. The summed E-state index contributed by atoms with van der Waals surface area (Å²) in [5.74, 6) is -0.410. The van der Waals surface area contributed by atoms with Gasteiger partial charge in [-0.25, -0.2) is 4.79 Å². The van der Waals surface area contributed by atoms with E-state index in [1.54, 1.807) is 34.8 Å². The van der Waals surface area contributed by atoms with E-state index in [2.05, 4.69) is 10.4 Å². The first kappa shape index (κ1) is 20.5. The lowest BCUT2D eigenvalue weighted by atomic mass is 10.0. The quantitative estimate of drug-likeness (QED) is 0.780. The molecule has 0 atom stereocenters. The van der Waals surface area contributed by atoms with Crippen LogP contribution in [0.3, 0.4) is 0 Å². The summed E-state index contributed by atoms with van der Waals surface area (Å²) in [6.07, 6.45) is 0.176. The number of hydrogen-bond acceptors (Lipinski definition) is 4. The second kappa shape index (κ2) is 7.64. The predicted octanol–water partition coefficient (Wildman–Crippen LogP) is 4.27. The molecule has 0 unspecified atom stereocenters. The predicted molar refractivity (Wildman–Crippen MR) is 108 cm³/mol. The summed E-state index contributed by atoms with van der Waals surface area (Å²) in [6.45, 7) is 6.21. The van der Waals surface area contributed by atoms with E-state index in [1.807, 2.05) is 20.8 Å². The van der Waals surface area contributed by atoms with E-state index in [9.17, 15) is 9.59 Å². The van der Waals surface area contributed by atoms with Crippen LogP contribution < -0.4 is 5.32 Å². The number of nitrogens with zero attached hydrogens (tertiary/aromatic N) is 3. The van der Waals surface area contributed by atoms with E-state index >= 15 is 0 Å². The van der Waals surface area contributed by atoms with Crippen molar-refractivity contribution in [2.75, 3.05) is 11.9 Å². The highest BCUT2D eigenvalue weighted by atomic mass is 35.5. The molecule has 1 aliphatic heterocycles. The standard InChI is InChI=1S/C19H22Cl2N4O3/c1-19(2,3)28-18(27)25-9-8-14-11(10-25)16(23-24(14)4)17(26)22-13-7-5-6-12(20)15(13)21/h5-7H,8-10H2,1-4H3,(H,22,26). The van der Waals surface area contributed by atoms with Crippen molar-refractivity contribution in [2.45, 2.75) is 39.3 Å². The van der Waals surface area contributed by atoms with Gasteiger partial charge in [0.2, 0.25) is 0 Å². The Morgan fingerprint density at radius 3 is 2.64 bits per heavy atom. The van der Waals surface area contributed by atoms with E-state index in [4.69, 9.17) is 27.9 Å². The molecule has 2 amide bonds. The third-order valence-electron chi connectivity index (χ3n) is 4.31. The number of fused-ring (bicyclic) bond motifs is 1. The molecule has 0 bridgehead atoms. The zero-order valence-corrected chi connectivity index (χ0v) is 17.7. The largest absolute Gasteiger partial charge is 0.444 e. The first-order valence-electron chi connectivity index (χ1n) is 8.85. The molecule has 1 aliphatic rings. The van der Waals surface area contributed by atoms with Gasteiger partial charge in [-0.15, -0.1) is 0 Å². The number of aryl methyl sites for hydroxylation is 1. The smallest absolute Gasteiger partial charge is 0.410 e. The van der Waals surface area contributed by atoms with Crippen molar-refractivity contribution >= 4 is 40.9 Å². The first-order chi connectivity index (χ1) is 13.1. The van der Waals surface area contributed by atoms with Gasteiger partial charge in [-0.2, -0.15) is 5.10 Å². The molecule has 3 rings (SSSR count). The minimum absolute atomic E-state index is 0.252. The van der Waals surface area contributed by atoms with Crippen molar-refractivity contribution in [3.63, 3.8) is 0 Å². The molecule has 0 saturated heterocycles. The minimum Gasteiger partial charge on any atom is -0.444 e. The summed E-state index contributed by atoms with van der Waals surface area (Å²) >= 11 is 12.2. The highest BCUT2D eigenvalue weighted by Gasteiger charge is 2.31. The van der Waals surface area contributed by atoms with E-state index in [0.29, 0.717) is 29.2 Å². The molecule has 0 fully saturated rings. The maximum Gasteiger partial charge on any atom is 0.410 e. The van der Waals surface area contributed by atoms with Crippen LogP contribution in [0.2, 0.25) is 10.0 Å². The van der Waals surface area contributed by atoms with Gasteiger partial charge in [0, 0.05) is 31.3 Å². The Hall–Kier alpha value is -2.25. The van der Waals surface area contributed by atoms with Crippen LogP contribution in [0.25, 0.3) is 0 Å². The van der Waals surface area contributed by atoms with Gasteiger partial charge in [-0.3, -0.25) is 9.48 Å². The number of hydrogen-bond donors (Lipinski definition) is 1. The molecule has 2 heterocycles.